The SMILES string of the molecule is Cc1ccc(Nc2nc3cccc(NC4(O)CCCCC4)n3n2)cc1. The lowest BCUT2D eigenvalue weighted by Gasteiger charge is -2.33. The van der Waals surface area contributed by atoms with Crippen LogP contribution in [0, 0.1) is 6.92 Å². The Kier molecular flexibility index (Phi) is 4.05. The maximum Gasteiger partial charge on any atom is 0.247 e. The fourth-order valence-corrected chi connectivity index (χ4v) is 3.32. The first kappa shape index (κ1) is 15.9. The standard InChI is InChI=1S/C19H23N5O/c1-14-8-10-15(11-9-14)20-18-21-16-6-5-7-17(24(16)23-18)22-19(25)12-3-2-4-13-19/h5-11,22,25H,2-4,12-13H2,1H3,(H,20,23). The van der Waals surface area contributed by atoms with Gasteiger partial charge in [0.2, 0.25) is 5.95 Å². The van der Waals surface area contributed by atoms with E-state index in [0.717, 1.165) is 42.8 Å². The molecule has 6 nitrogen and oxygen atoms in total. The zero-order valence-corrected chi connectivity index (χ0v) is 14.4. The molecule has 0 saturated heterocycles. The number of pyridine rings is 1. The zero-order chi connectivity index (χ0) is 17.3. The van der Waals surface area contributed by atoms with E-state index in [9.17, 15) is 5.11 Å². The zero-order valence-electron chi connectivity index (χ0n) is 14.4. The highest BCUT2D eigenvalue weighted by Gasteiger charge is 2.29. The summed E-state index contributed by atoms with van der Waals surface area (Å²) in [5.74, 6) is 1.29. The summed E-state index contributed by atoms with van der Waals surface area (Å²) in [6.45, 7) is 2.06. The highest BCUT2D eigenvalue weighted by Crippen LogP contribution is 2.29. The van der Waals surface area contributed by atoms with Crippen LogP contribution in [-0.4, -0.2) is 25.4 Å². The van der Waals surface area contributed by atoms with Gasteiger partial charge in [-0.3, -0.25) is 0 Å². The maximum absolute atomic E-state index is 10.8. The number of aryl methyl sites for hydroxylation is 1. The van der Waals surface area contributed by atoms with Crippen LogP contribution in [0.3, 0.4) is 0 Å². The number of hydrogen-bond acceptors (Lipinski definition) is 5. The Labute approximate surface area is 146 Å². The smallest absolute Gasteiger partial charge is 0.247 e. The third kappa shape index (κ3) is 3.44. The minimum atomic E-state index is -0.858. The molecule has 0 atom stereocenters. The van der Waals surface area contributed by atoms with Crippen molar-refractivity contribution in [1.29, 1.82) is 0 Å². The van der Waals surface area contributed by atoms with Gasteiger partial charge in [-0.1, -0.05) is 30.2 Å². The summed E-state index contributed by atoms with van der Waals surface area (Å²) in [6.07, 6.45) is 4.77. The Morgan fingerprint density at radius 3 is 2.56 bits per heavy atom. The Morgan fingerprint density at radius 1 is 1.04 bits per heavy atom. The van der Waals surface area contributed by atoms with Gasteiger partial charge < -0.3 is 15.7 Å². The van der Waals surface area contributed by atoms with Crippen molar-refractivity contribution in [1.82, 2.24) is 14.6 Å². The minimum Gasteiger partial charge on any atom is -0.371 e. The van der Waals surface area contributed by atoms with Crippen LogP contribution in [0.5, 0.6) is 0 Å². The van der Waals surface area contributed by atoms with Crippen LogP contribution in [0.1, 0.15) is 37.7 Å². The van der Waals surface area contributed by atoms with E-state index in [2.05, 4.69) is 27.6 Å². The van der Waals surface area contributed by atoms with Crippen LogP contribution in [0.15, 0.2) is 42.5 Å². The van der Waals surface area contributed by atoms with E-state index in [1.165, 1.54) is 12.0 Å². The van der Waals surface area contributed by atoms with E-state index in [0.29, 0.717) is 5.95 Å². The largest absolute Gasteiger partial charge is 0.371 e. The number of fused-ring (bicyclic) bond motifs is 1. The van der Waals surface area contributed by atoms with Gasteiger partial charge >= 0.3 is 0 Å². The minimum absolute atomic E-state index is 0.536. The molecule has 0 spiro atoms. The number of benzene rings is 1. The van der Waals surface area contributed by atoms with E-state index < -0.39 is 5.72 Å². The van der Waals surface area contributed by atoms with Crippen molar-refractivity contribution in [3.8, 4) is 0 Å². The molecule has 1 aliphatic carbocycles. The van der Waals surface area contributed by atoms with Crippen molar-refractivity contribution < 1.29 is 5.11 Å². The Balaban J connectivity index is 1.60. The van der Waals surface area contributed by atoms with Crippen molar-refractivity contribution >= 4 is 23.1 Å². The molecule has 0 aliphatic heterocycles. The number of rotatable bonds is 4. The molecule has 1 fully saturated rings. The molecule has 1 aliphatic rings. The first-order valence-corrected chi connectivity index (χ1v) is 8.81. The third-order valence-corrected chi connectivity index (χ3v) is 4.71. The summed E-state index contributed by atoms with van der Waals surface area (Å²) in [6, 6.07) is 13.9. The van der Waals surface area contributed by atoms with Crippen LogP contribution < -0.4 is 10.6 Å². The highest BCUT2D eigenvalue weighted by atomic mass is 16.3. The molecular weight excluding hydrogens is 314 g/mol. The molecular formula is C19H23N5O. The first-order chi connectivity index (χ1) is 12.1. The van der Waals surface area contributed by atoms with Gasteiger partial charge in [0.05, 0.1) is 0 Å². The molecule has 3 aromatic rings. The molecule has 1 saturated carbocycles. The molecule has 0 unspecified atom stereocenters. The van der Waals surface area contributed by atoms with E-state index >= 15 is 0 Å². The third-order valence-electron chi connectivity index (χ3n) is 4.71. The predicted molar refractivity (Wildman–Crippen MR) is 99.1 cm³/mol. The van der Waals surface area contributed by atoms with E-state index in [-0.39, 0.29) is 0 Å². The second kappa shape index (κ2) is 6.37. The molecule has 0 bridgehead atoms. The van der Waals surface area contributed by atoms with Crippen LogP contribution in [0.2, 0.25) is 0 Å². The topological polar surface area (TPSA) is 74.5 Å². The number of aliphatic hydroxyl groups is 1. The quantitative estimate of drug-likeness (QED) is 0.631. The molecule has 2 heterocycles. The Bertz CT molecular complexity index is 865. The summed E-state index contributed by atoms with van der Waals surface area (Å²) in [7, 11) is 0. The molecule has 130 valence electrons. The second-order valence-electron chi connectivity index (χ2n) is 6.82. The van der Waals surface area contributed by atoms with Crippen molar-refractivity contribution in [2.75, 3.05) is 10.6 Å². The molecule has 4 rings (SSSR count). The van der Waals surface area contributed by atoms with Crippen molar-refractivity contribution in [2.24, 2.45) is 0 Å². The lowest BCUT2D eigenvalue weighted by molar-refractivity contribution is 0.0311. The van der Waals surface area contributed by atoms with Gasteiger partial charge in [-0.15, -0.1) is 5.10 Å². The monoisotopic (exact) mass is 337 g/mol. The van der Waals surface area contributed by atoms with Crippen LogP contribution in [0.25, 0.3) is 5.65 Å². The number of aromatic nitrogens is 3. The highest BCUT2D eigenvalue weighted by molar-refractivity contribution is 5.58. The Morgan fingerprint density at radius 2 is 1.80 bits per heavy atom. The second-order valence-corrected chi connectivity index (χ2v) is 6.82. The molecule has 25 heavy (non-hydrogen) atoms. The van der Waals surface area contributed by atoms with Crippen molar-refractivity contribution in [3.63, 3.8) is 0 Å². The Hall–Kier alpha value is -2.60. The molecule has 0 radical (unpaired) electrons. The number of nitrogens with zero attached hydrogens (tertiary/aromatic N) is 3. The summed E-state index contributed by atoms with van der Waals surface area (Å²) in [5.41, 5.74) is 2.03. The van der Waals surface area contributed by atoms with Gasteiger partial charge in [-0.05, 0) is 56.9 Å². The van der Waals surface area contributed by atoms with Crippen molar-refractivity contribution in [2.45, 2.75) is 44.8 Å². The first-order valence-electron chi connectivity index (χ1n) is 8.81. The number of hydrogen-bond donors (Lipinski definition) is 3. The molecule has 0 amide bonds. The van der Waals surface area contributed by atoms with E-state index in [4.69, 9.17) is 0 Å². The van der Waals surface area contributed by atoms with Gasteiger partial charge in [0.15, 0.2) is 5.65 Å². The van der Waals surface area contributed by atoms with Crippen LogP contribution >= 0.6 is 0 Å². The lowest BCUT2D eigenvalue weighted by atomic mass is 9.92. The van der Waals surface area contributed by atoms with Gasteiger partial charge in [0.25, 0.3) is 0 Å². The van der Waals surface area contributed by atoms with Gasteiger partial charge in [0, 0.05) is 5.69 Å². The maximum atomic E-state index is 10.8. The van der Waals surface area contributed by atoms with Gasteiger partial charge in [-0.2, -0.15) is 9.50 Å². The summed E-state index contributed by atoms with van der Waals surface area (Å²) in [4.78, 5) is 4.53. The summed E-state index contributed by atoms with van der Waals surface area (Å²) in [5, 5.41) is 21.8. The van der Waals surface area contributed by atoms with Crippen LogP contribution in [0.4, 0.5) is 17.5 Å². The molecule has 6 heteroatoms. The molecule has 1 aromatic carbocycles. The fraction of sp³-hybridized carbons (Fsp3) is 0.368. The summed E-state index contributed by atoms with van der Waals surface area (Å²) < 4.78 is 1.74. The van der Waals surface area contributed by atoms with Gasteiger partial charge in [0.1, 0.15) is 11.5 Å². The average Bonchev–Trinajstić information content (AvgIpc) is 3.01. The average molecular weight is 337 g/mol. The van der Waals surface area contributed by atoms with E-state index in [1.54, 1.807) is 4.52 Å². The van der Waals surface area contributed by atoms with Crippen molar-refractivity contribution in [3.05, 3.63) is 48.0 Å². The van der Waals surface area contributed by atoms with Gasteiger partial charge in [-0.25, -0.2) is 0 Å². The number of anilines is 3. The lowest BCUT2D eigenvalue weighted by Crippen LogP contribution is -2.40. The van der Waals surface area contributed by atoms with Crippen LogP contribution in [-0.2, 0) is 0 Å². The fourth-order valence-electron chi connectivity index (χ4n) is 3.32. The molecule has 3 N–H and O–H groups in total. The van der Waals surface area contributed by atoms with E-state index in [1.807, 2.05) is 42.5 Å². The predicted octanol–water partition coefficient (Wildman–Crippen LogP) is 3.85. The normalized spacial score (nSPS) is 16.7. The number of nitrogens with one attached hydrogen (secondary N) is 2. The summed E-state index contributed by atoms with van der Waals surface area (Å²) >= 11 is 0. The molecule has 2 aromatic heterocycles.